The van der Waals surface area contributed by atoms with Crippen LogP contribution in [0.3, 0.4) is 0 Å². The first-order valence-electron chi connectivity index (χ1n) is 6.65. The molecule has 104 valence electrons. The molecule has 0 bridgehead atoms. The fourth-order valence-corrected chi connectivity index (χ4v) is 1.68. The molecule has 2 heterocycles. The number of rotatable bonds is 2. The Morgan fingerprint density at radius 2 is 1.95 bits per heavy atom. The largest absolute Gasteiger partial charge is 0.329 e. The van der Waals surface area contributed by atoms with Gasteiger partial charge in [0.05, 0.1) is 0 Å². The van der Waals surface area contributed by atoms with Crippen LogP contribution in [-0.2, 0) is 4.79 Å². The summed E-state index contributed by atoms with van der Waals surface area (Å²) in [5.41, 5.74) is 1.13. The third-order valence-corrected chi connectivity index (χ3v) is 2.77. The van der Waals surface area contributed by atoms with Gasteiger partial charge in [0.25, 0.3) is 0 Å². The van der Waals surface area contributed by atoms with E-state index in [1.165, 1.54) is 4.90 Å². The first-order chi connectivity index (χ1) is 9.08. The number of nitrogens with zero attached hydrogens (tertiary/aromatic N) is 2. The molecule has 1 aliphatic heterocycles. The summed E-state index contributed by atoms with van der Waals surface area (Å²) in [5.74, 6) is 0.762. The van der Waals surface area contributed by atoms with Gasteiger partial charge in [0.15, 0.2) is 0 Å². The number of hydrogen-bond acceptors (Lipinski definition) is 3. The van der Waals surface area contributed by atoms with E-state index in [4.69, 9.17) is 0 Å². The summed E-state index contributed by atoms with van der Waals surface area (Å²) in [5, 5.41) is 2.27. The number of anilines is 1. The van der Waals surface area contributed by atoms with Crippen molar-refractivity contribution in [3.8, 4) is 0 Å². The van der Waals surface area contributed by atoms with Crippen LogP contribution in [0.5, 0.6) is 0 Å². The van der Waals surface area contributed by atoms with E-state index < -0.39 is 6.03 Å². The van der Waals surface area contributed by atoms with Gasteiger partial charge >= 0.3 is 6.03 Å². The predicted octanol–water partition coefficient (Wildman–Crippen LogP) is 2.68. The van der Waals surface area contributed by atoms with E-state index in [0.29, 0.717) is 24.7 Å². The summed E-state index contributed by atoms with van der Waals surface area (Å²) in [6.45, 7) is 8.56. The Balaban J connectivity index is 0.000000861. The zero-order valence-electron chi connectivity index (χ0n) is 11.9. The summed E-state index contributed by atoms with van der Waals surface area (Å²) in [6.07, 6.45) is 2.09. The molecule has 2 rings (SSSR count). The van der Waals surface area contributed by atoms with Crippen molar-refractivity contribution in [2.24, 2.45) is 0 Å². The van der Waals surface area contributed by atoms with E-state index in [9.17, 15) is 9.59 Å². The van der Waals surface area contributed by atoms with Crippen LogP contribution in [0.15, 0.2) is 18.3 Å². The Hall–Kier alpha value is -1.91. The van der Waals surface area contributed by atoms with Crippen molar-refractivity contribution in [1.29, 1.82) is 0 Å². The minimum atomic E-state index is -0.397. The minimum absolute atomic E-state index is 0.231. The Bertz CT molecular complexity index is 441. The average Bonchev–Trinajstić information content (AvgIpc) is 2.41. The third-order valence-electron chi connectivity index (χ3n) is 2.77. The maximum atomic E-state index is 11.6. The van der Waals surface area contributed by atoms with Crippen LogP contribution in [0.4, 0.5) is 10.6 Å². The van der Waals surface area contributed by atoms with Crippen molar-refractivity contribution in [3.05, 3.63) is 23.9 Å². The zero-order valence-corrected chi connectivity index (χ0v) is 11.9. The second kappa shape index (κ2) is 6.87. The highest BCUT2D eigenvalue weighted by atomic mass is 16.2. The van der Waals surface area contributed by atoms with Gasteiger partial charge in [-0.15, -0.1) is 0 Å². The van der Waals surface area contributed by atoms with E-state index >= 15 is 0 Å². The van der Waals surface area contributed by atoms with Crippen molar-refractivity contribution in [3.63, 3.8) is 0 Å². The summed E-state index contributed by atoms with van der Waals surface area (Å²) in [7, 11) is 0. The molecule has 1 aromatic heterocycles. The van der Waals surface area contributed by atoms with Crippen molar-refractivity contribution >= 4 is 17.8 Å². The molecule has 19 heavy (non-hydrogen) atoms. The van der Waals surface area contributed by atoms with Gasteiger partial charge in [-0.1, -0.05) is 33.8 Å². The number of aromatic nitrogens is 1. The zero-order chi connectivity index (χ0) is 14.4. The maximum Gasteiger partial charge on any atom is 0.329 e. The molecule has 3 amide bonds. The fraction of sp³-hybridized carbons (Fsp3) is 0.500. The number of urea groups is 1. The number of amides is 3. The van der Waals surface area contributed by atoms with E-state index in [2.05, 4.69) is 24.1 Å². The van der Waals surface area contributed by atoms with Crippen molar-refractivity contribution < 1.29 is 9.59 Å². The monoisotopic (exact) mass is 263 g/mol. The smallest absolute Gasteiger partial charge is 0.278 e. The SMILES string of the molecule is CC.CC(C)c1ccc(N2CCC(=O)NC2=O)nc1. The van der Waals surface area contributed by atoms with Gasteiger partial charge in [0.1, 0.15) is 5.82 Å². The van der Waals surface area contributed by atoms with Crippen molar-refractivity contribution in [2.45, 2.75) is 40.0 Å². The molecule has 0 spiro atoms. The first kappa shape index (κ1) is 15.1. The Kier molecular flexibility index (Phi) is 5.48. The van der Waals surface area contributed by atoms with Gasteiger partial charge in [-0.25, -0.2) is 9.78 Å². The maximum absolute atomic E-state index is 11.6. The third kappa shape index (κ3) is 3.77. The topological polar surface area (TPSA) is 62.3 Å². The molecule has 5 heteroatoms. The highest BCUT2D eigenvalue weighted by Gasteiger charge is 2.24. The molecule has 1 saturated heterocycles. The molecular weight excluding hydrogens is 242 g/mol. The predicted molar refractivity (Wildman–Crippen MR) is 75.2 cm³/mol. The van der Waals surface area contributed by atoms with Gasteiger partial charge in [-0.3, -0.25) is 15.0 Å². The lowest BCUT2D eigenvalue weighted by atomic mass is 10.1. The van der Waals surface area contributed by atoms with Gasteiger partial charge in [0.2, 0.25) is 5.91 Å². The minimum Gasteiger partial charge on any atom is -0.278 e. The molecule has 5 nitrogen and oxygen atoms in total. The van der Waals surface area contributed by atoms with Crippen LogP contribution < -0.4 is 10.2 Å². The average molecular weight is 263 g/mol. The number of imide groups is 1. The molecule has 0 unspecified atom stereocenters. The highest BCUT2D eigenvalue weighted by Crippen LogP contribution is 2.18. The van der Waals surface area contributed by atoms with E-state index in [1.54, 1.807) is 6.20 Å². The van der Waals surface area contributed by atoms with Gasteiger partial charge in [-0.2, -0.15) is 0 Å². The van der Waals surface area contributed by atoms with Crippen LogP contribution in [0, 0.1) is 0 Å². The van der Waals surface area contributed by atoms with Crippen LogP contribution in [0.2, 0.25) is 0 Å². The summed E-state index contributed by atoms with van der Waals surface area (Å²) >= 11 is 0. The van der Waals surface area contributed by atoms with Gasteiger partial charge in [0, 0.05) is 19.2 Å². The van der Waals surface area contributed by atoms with Crippen molar-refractivity contribution in [1.82, 2.24) is 10.3 Å². The van der Waals surface area contributed by atoms with Crippen molar-refractivity contribution in [2.75, 3.05) is 11.4 Å². The number of hydrogen-bond donors (Lipinski definition) is 1. The first-order valence-corrected chi connectivity index (χ1v) is 6.65. The summed E-state index contributed by atoms with van der Waals surface area (Å²) < 4.78 is 0. The molecular formula is C14H21N3O2. The molecule has 0 aliphatic carbocycles. The van der Waals surface area contributed by atoms with Crippen LogP contribution >= 0.6 is 0 Å². The number of nitrogens with one attached hydrogen (secondary N) is 1. The second-order valence-corrected chi connectivity index (χ2v) is 4.36. The van der Waals surface area contributed by atoms with Crippen LogP contribution in [0.25, 0.3) is 0 Å². The van der Waals surface area contributed by atoms with Crippen LogP contribution in [-0.4, -0.2) is 23.5 Å². The van der Waals surface area contributed by atoms with E-state index in [1.807, 2.05) is 26.0 Å². The molecule has 0 atom stereocenters. The quantitative estimate of drug-likeness (QED) is 0.892. The molecule has 1 N–H and O–H groups in total. The molecule has 0 radical (unpaired) electrons. The molecule has 0 aromatic carbocycles. The Labute approximate surface area is 114 Å². The highest BCUT2D eigenvalue weighted by molar-refractivity contribution is 6.05. The summed E-state index contributed by atoms with van der Waals surface area (Å²) in [4.78, 5) is 28.3. The fourth-order valence-electron chi connectivity index (χ4n) is 1.68. The van der Waals surface area contributed by atoms with E-state index in [-0.39, 0.29) is 5.91 Å². The Morgan fingerprint density at radius 1 is 1.26 bits per heavy atom. The lowest BCUT2D eigenvalue weighted by molar-refractivity contribution is -0.120. The molecule has 0 saturated carbocycles. The van der Waals surface area contributed by atoms with E-state index in [0.717, 1.165) is 5.56 Å². The lowest BCUT2D eigenvalue weighted by Crippen LogP contribution is -2.49. The number of carbonyl (C=O) groups is 2. The van der Waals surface area contributed by atoms with Gasteiger partial charge in [-0.05, 0) is 17.5 Å². The summed E-state index contributed by atoms with van der Waals surface area (Å²) in [6, 6.07) is 3.37. The Morgan fingerprint density at radius 3 is 2.42 bits per heavy atom. The second-order valence-electron chi connectivity index (χ2n) is 4.36. The standard InChI is InChI=1S/C12H15N3O2.C2H6/c1-8(2)9-3-4-10(13-7-9)15-6-5-11(16)14-12(15)17;1-2/h3-4,7-8H,5-6H2,1-2H3,(H,14,16,17);1-2H3. The molecule has 1 aliphatic rings. The molecule has 1 fully saturated rings. The number of pyridine rings is 1. The number of carbonyl (C=O) groups excluding carboxylic acids is 2. The normalized spacial score (nSPS) is 14.9. The lowest BCUT2D eigenvalue weighted by Gasteiger charge is -2.25. The van der Waals surface area contributed by atoms with Crippen LogP contribution in [0.1, 0.15) is 45.6 Å². The van der Waals surface area contributed by atoms with Gasteiger partial charge < -0.3 is 0 Å². The molecule has 1 aromatic rings.